The van der Waals surface area contributed by atoms with Crippen LogP contribution in [-0.2, 0) is 6.54 Å². The zero-order valence-corrected chi connectivity index (χ0v) is 14.9. The van der Waals surface area contributed by atoms with Gasteiger partial charge in [-0.3, -0.25) is 4.79 Å². The van der Waals surface area contributed by atoms with Gasteiger partial charge in [0.2, 0.25) is 0 Å². The number of carbonyl (C=O) groups is 1. The number of benzene rings is 2. The molecule has 2 N–H and O–H groups in total. The molecule has 0 radical (unpaired) electrons. The maximum atomic E-state index is 12.9. The molecule has 0 bridgehead atoms. The smallest absolute Gasteiger partial charge is 0.274 e. The van der Waals surface area contributed by atoms with Crippen LogP contribution in [0.1, 0.15) is 16.1 Å². The van der Waals surface area contributed by atoms with E-state index in [0.717, 1.165) is 5.56 Å². The van der Waals surface area contributed by atoms with E-state index in [2.05, 4.69) is 20.6 Å². The van der Waals surface area contributed by atoms with Crippen LogP contribution in [0.4, 0.5) is 15.9 Å². The maximum Gasteiger partial charge on any atom is 0.274 e. The standard InChI is InChI=1S/C18H13Cl2FN4O/c19-12-3-6-15(14(20)7-12)25-18(26)16-8-17(24-10-23-16)22-9-11-1-4-13(21)5-2-11/h1-8,10H,9H2,(H,25,26)(H,22,23,24). The summed E-state index contributed by atoms with van der Waals surface area (Å²) in [5.74, 6) is -0.256. The largest absolute Gasteiger partial charge is 0.366 e. The summed E-state index contributed by atoms with van der Waals surface area (Å²) in [6, 6.07) is 12.4. The van der Waals surface area contributed by atoms with Gasteiger partial charge in [0.25, 0.3) is 5.91 Å². The van der Waals surface area contributed by atoms with Crippen LogP contribution in [0.5, 0.6) is 0 Å². The van der Waals surface area contributed by atoms with E-state index in [1.54, 1.807) is 24.3 Å². The molecule has 0 aliphatic carbocycles. The Morgan fingerprint density at radius 3 is 2.54 bits per heavy atom. The highest BCUT2D eigenvalue weighted by Gasteiger charge is 2.11. The normalized spacial score (nSPS) is 10.4. The molecule has 0 spiro atoms. The molecule has 5 nitrogen and oxygen atoms in total. The molecule has 0 unspecified atom stereocenters. The summed E-state index contributed by atoms with van der Waals surface area (Å²) in [5, 5.41) is 6.54. The molecule has 0 fully saturated rings. The van der Waals surface area contributed by atoms with Gasteiger partial charge in [0.1, 0.15) is 23.7 Å². The zero-order chi connectivity index (χ0) is 18.5. The molecule has 0 saturated heterocycles. The topological polar surface area (TPSA) is 66.9 Å². The zero-order valence-electron chi connectivity index (χ0n) is 13.3. The number of nitrogens with zero attached hydrogens (tertiary/aromatic N) is 2. The Balaban J connectivity index is 1.67. The van der Waals surface area contributed by atoms with Gasteiger partial charge in [-0.2, -0.15) is 0 Å². The summed E-state index contributed by atoms with van der Waals surface area (Å²) in [6.07, 6.45) is 1.28. The van der Waals surface area contributed by atoms with E-state index in [0.29, 0.717) is 28.1 Å². The summed E-state index contributed by atoms with van der Waals surface area (Å²) >= 11 is 11.9. The van der Waals surface area contributed by atoms with Gasteiger partial charge in [-0.05, 0) is 35.9 Å². The SMILES string of the molecule is O=C(Nc1ccc(Cl)cc1Cl)c1cc(NCc2ccc(F)cc2)ncn1. The summed E-state index contributed by atoms with van der Waals surface area (Å²) in [5.41, 5.74) is 1.48. The molecule has 0 atom stereocenters. The Kier molecular flexibility index (Phi) is 5.65. The quantitative estimate of drug-likeness (QED) is 0.657. The molecule has 0 aliphatic rings. The van der Waals surface area contributed by atoms with Crippen LogP contribution in [0.25, 0.3) is 0 Å². The van der Waals surface area contributed by atoms with E-state index < -0.39 is 5.91 Å². The second-order valence-corrected chi connectivity index (χ2v) is 6.19. The summed E-state index contributed by atoms with van der Waals surface area (Å²) in [4.78, 5) is 20.4. The fourth-order valence-corrected chi connectivity index (χ4v) is 2.61. The fraction of sp³-hybridized carbons (Fsp3) is 0.0556. The predicted molar refractivity (Wildman–Crippen MR) is 100 cm³/mol. The lowest BCUT2D eigenvalue weighted by atomic mass is 10.2. The Hall–Kier alpha value is -2.70. The number of carbonyl (C=O) groups excluding carboxylic acids is 1. The van der Waals surface area contributed by atoms with E-state index in [9.17, 15) is 9.18 Å². The van der Waals surface area contributed by atoms with Crippen LogP contribution in [0.15, 0.2) is 54.9 Å². The predicted octanol–water partition coefficient (Wildman–Crippen LogP) is 4.79. The third-order valence-electron chi connectivity index (χ3n) is 3.47. The number of amides is 1. The number of anilines is 2. The van der Waals surface area contributed by atoms with Crippen LogP contribution in [0.2, 0.25) is 10.0 Å². The first kappa shape index (κ1) is 18.1. The molecule has 26 heavy (non-hydrogen) atoms. The van der Waals surface area contributed by atoms with Gasteiger partial charge in [-0.25, -0.2) is 14.4 Å². The van der Waals surface area contributed by atoms with Crippen molar-refractivity contribution < 1.29 is 9.18 Å². The molecular weight excluding hydrogens is 378 g/mol. The van der Waals surface area contributed by atoms with E-state index in [-0.39, 0.29) is 11.5 Å². The number of hydrogen-bond acceptors (Lipinski definition) is 4. The van der Waals surface area contributed by atoms with Crippen molar-refractivity contribution in [2.24, 2.45) is 0 Å². The van der Waals surface area contributed by atoms with E-state index in [1.807, 2.05) is 0 Å². The molecule has 132 valence electrons. The van der Waals surface area contributed by atoms with Crippen LogP contribution < -0.4 is 10.6 Å². The van der Waals surface area contributed by atoms with E-state index in [1.165, 1.54) is 30.6 Å². The summed E-state index contributed by atoms with van der Waals surface area (Å²) < 4.78 is 12.9. The lowest BCUT2D eigenvalue weighted by Crippen LogP contribution is -2.15. The molecule has 0 saturated carbocycles. The van der Waals surface area contributed by atoms with Crippen LogP contribution >= 0.6 is 23.2 Å². The van der Waals surface area contributed by atoms with Crippen LogP contribution in [0, 0.1) is 5.82 Å². The number of halogens is 3. The van der Waals surface area contributed by atoms with Gasteiger partial charge >= 0.3 is 0 Å². The highest BCUT2D eigenvalue weighted by molar-refractivity contribution is 6.36. The highest BCUT2D eigenvalue weighted by Crippen LogP contribution is 2.25. The third-order valence-corrected chi connectivity index (χ3v) is 4.01. The Labute approximate surface area is 159 Å². The van der Waals surface area contributed by atoms with Crippen molar-refractivity contribution in [3.8, 4) is 0 Å². The number of hydrogen-bond donors (Lipinski definition) is 2. The first-order chi connectivity index (χ1) is 12.5. The Morgan fingerprint density at radius 2 is 1.81 bits per heavy atom. The van der Waals surface area contributed by atoms with Gasteiger partial charge in [0, 0.05) is 17.6 Å². The third kappa shape index (κ3) is 4.68. The van der Waals surface area contributed by atoms with Gasteiger partial charge in [-0.1, -0.05) is 35.3 Å². The number of nitrogens with one attached hydrogen (secondary N) is 2. The second-order valence-electron chi connectivity index (χ2n) is 5.35. The van der Waals surface area contributed by atoms with Crippen LogP contribution in [-0.4, -0.2) is 15.9 Å². The van der Waals surface area contributed by atoms with Gasteiger partial charge in [-0.15, -0.1) is 0 Å². The maximum absolute atomic E-state index is 12.9. The summed E-state index contributed by atoms with van der Waals surface area (Å²) in [6.45, 7) is 0.432. The molecule has 3 aromatic rings. The first-order valence-electron chi connectivity index (χ1n) is 7.58. The first-order valence-corrected chi connectivity index (χ1v) is 8.33. The monoisotopic (exact) mass is 390 g/mol. The van der Waals surface area contributed by atoms with Crippen molar-refractivity contribution in [2.45, 2.75) is 6.54 Å². The van der Waals surface area contributed by atoms with Gasteiger partial charge < -0.3 is 10.6 Å². The van der Waals surface area contributed by atoms with E-state index >= 15 is 0 Å². The van der Waals surface area contributed by atoms with Crippen molar-refractivity contribution in [3.05, 3.63) is 82.0 Å². The highest BCUT2D eigenvalue weighted by atomic mass is 35.5. The molecule has 1 amide bonds. The van der Waals surface area contributed by atoms with Crippen molar-refractivity contribution >= 4 is 40.6 Å². The minimum atomic E-state index is -0.429. The molecule has 3 rings (SSSR count). The van der Waals surface area contributed by atoms with E-state index in [4.69, 9.17) is 23.2 Å². The van der Waals surface area contributed by atoms with Gasteiger partial charge in [0.15, 0.2) is 0 Å². The average Bonchev–Trinajstić information content (AvgIpc) is 2.64. The molecule has 1 heterocycles. The molecular formula is C18H13Cl2FN4O. The lowest BCUT2D eigenvalue weighted by Gasteiger charge is -2.09. The number of rotatable bonds is 5. The average molecular weight is 391 g/mol. The molecule has 1 aromatic heterocycles. The summed E-state index contributed by atoms with van der Waals surface area (Å²) in [7, 11) is 0. The minimum Gasteiger partial charge on any atom is -0.366 e. The van der Waals surface area contributed by atoms with Crippen molar-refractivity contribution in [2.75, 3.05) is 10.6 Å². The van der Waals surface area contributed by atoms with Crippen molar-refractivity contribution in [1.29, 1.82) is 0 Å². The second kappa shape index (κ2) is 8.12. The molecule has 0 aliphatic heterocycles. The Bertz CT molecular complexity index is 935. The van der Waals surface area contributed by atoms with Crippen molar-refractivity contribution in [3.63, 3.8) is 0 Å². The van der Waals surface area contributed by atoms with Crippen molar-refractivity contribution in [1.82, 2.24) is 9.97 Å². The fourth-order valence-electron chi connectivity index (χ4n) is 2.15. The molecule has 2 aromatic carbocycles. The lowest BCUT2D eigenvalue weighted by molar-refractivity contribution is 0.102. The number of aromatic nitrogens is 2. The minimum absolute atomic E-state index is 0.174. The van der Waals surface area contributed by atoms with Crippen LogP contribution in [0.3, 0.4) is 0 Å². The molecule has 8 heteroatoms. The van der Waals surface area contributed by atoms with Gasteiger partial charge in [0.05, 0.1) is 10.7 Å². The Morgan fingerprint density at radius 1 is 1.04 bits per heavy atom.